The Hall–Kier alpha value is -2.56. The number of halogens is 1. The van der Waals surface area contributed by atoms with Crippen molar-refractivity contribution in [2.75, 3.05) is 0 Å². The zero-order valence-electron chi connectivity index (χ0n) is 14.9. The normalized spacial score (nSPS) is 12.0. The lowest BCUT2D eigenvalue weighted by molar-refractivity contribution is 0.496. The average Bonchev–Trinajstić information content (AvgIpc) is 2.69. The van der Waals surface area contributed by atoms with E-state index in [-0.39, 0.29) is 11.4 Å². The van der Waals surface area contributed by atoms with E-state index in [0.29, 0.717) is 5.03 Å². The molecular formula is C22H20ClNO2S. The summed E-state index contributed by atoms with van der Waals surface area (Å²) in [6.45, 7) is 2.12. The van der Waals surface area contributed by atoms with E-state index in [1.165, 1.54) is 10.5 Å². The molecule has 0 saturated heterocycles. The summed E-state index contributed by atoms with van der Waals surface area (Å²) in [7, 11) is -3.75. The van der Waals surface area contributed by atoms with Crippen molar-refractivity contribution in [2.45, 2.75) is 18.4 Å². The third-order valence-electron chi connectivity index (χ3n) is 4.12. The summed E-state index contributed by atoms with van der Waals surface area (Å²) in [4.78, 5) is 0.234. The maximum absolute atomic E-state index is 13.2. The molecule has 0 spiro atoms. The Morgan fingerprint density at radius 3 is 2.04 bits per heavy atom. The van der Waals surface area contributed by atoms with Crippen molar-refractivity contribution in [2.24, 2.45) is 0 Å². The third kappa shape index (κ3) is 4.79. The van der Waals surface area contributed by atoms with Crippen molar-refractivity contribution in [3.05, 3.63) is 108 Å². The van der Waals surface area contributed by atoms with Crippen LogP contribution in [0.2, 0.25) is 0 Å². The number of nitrogens with zero attached hydrogens (tertiary/aromatic N) is 1. The van der Waals surface area contributed by atoms with Gasteiger partial charge in [0.05, 0.1) is 16.5 Å². The number of benzene rings is 3. The lowest BCUT2D eigenvalue weighted by atomic mass is 10.2. The Kier molecular flexibility index (Phi) is 5.99. The topological polar surface area (TPSA) is 37.4 Å². The van der Waals surface area contributed by atoms with Crippen LogP contribution in [0.1, 0.15) is 16.7 Å². The monoisotopic (exact) mass is 397 g/mol. The summed E-state index contributed by atoms with van der Waals surface area (Å²) in [5.41, 5.74) is 2.64. The van der Waals surface area contributed by atoms with E-state index < -0.39 is 10.0 Å². The van der Waals surface area contributed by atoms with Gasteiger partial charge in [0.2, 0.25) is 0 Å². The lowest BCUT2D eigenvalue weighted by Crippen LogP contribution is -2.26. The van der Waals surface area contributed by atoms with Crippen LogP contribution in [0.3, 0.4) is 0 Å². The molecule has 0 aliphatic rings. The van der Waals surface area contributed by atoms with E-state index >= 15 is 0 Å². The van der Waals surface area contributed by atoms with E-state index in [4.69, 9.17) is 11.6 Å². The maximum atomic E-state index is 13.2. The predicted molar refractivity (Wildman–Crippen MR) is 111 cm³/mol. The van der Waals surface area contributed by atoms with Crippen LogP contribution in [0.4, 0.5) is 0 Å². The first-order valence-electron chi connectivity index (χ1n) is 8.52. The van der Waals surface area contributed by atoms with Crippen LogP contribution in [-0.2, 0) is 16.6 Å². The van der Waals surface area contributed by atoms with Crippen molar-refractivity contribution in [1.29, 1.82) is 0 Å². The molecule has 0 aromatic heterocycles. The zero-order chi connectivity index (χ0) is 19.3. The van der Waals surface area contributed by atoms with Gasteiger partial charge in [-0.1, -0.05) is 90.0 Å². The fourth-order valence-corrected chi connectivity index (χ4v) is 4.22. The standard InChI is InChI=1S/C22H20ClNO2S/c1-18-12-14-21(15-13-18)27(25,26)24(16-19-8-4-2-5-9-19)17-22(23)20-10-6-3-7-11-20/h2-15,17H,16H2,1H3/b22-17-. The molecule has 3 nitrogen and oxygen atoms in total. The van der Waals surface area contributed by atoms with Crippen molar-refractivity contribution in [3.8, 4) is 0 Å². The summed E-state index contributed by atoms with van der Waals surface area (Å²) >= 11 is 6.44. The van der Waals surface area contributed by atoms with Gasteiger partial charge >= 0.3 is 0 Å². The molecule has 3 rings (SSSR count). The minimum Gasteiger partial charge on any atom is -0.267 e. The first-order chi connectivity index (χ1) is 13.0. The summed E-state index contributed by atoms with van der Waals surface area (Å²) in [5.74, 6) is 0. The molecule has 0 heterocycles. The highest BCUT2D eigenvalue weighted by Crippen LogP contribution is 2.25. The SMILES string of the molecule is Cc1ccc(S(=O)(=O)N(/C=C(\Cl)c2ccccc2)Cc2ccccc2)cc1. The van der Waals surface area contributed by atoms with Crippen LogP contribution in [-0.4, -0.2) is 12.7 Å². The largest absolute Gasteiger partial charge is 0.267 e. The van der Waals surface area contributed by atoms with Gasteiger partial charge in [0.25, 0.3) is 10.0 Å². The first-order valence-corrected chi connectivity index (χ1v) is 10.3. The van der Waals surface area contributed by atoms with Gasteiger partial charge in [-0.05, 0) is 30.2 Å². The molecule has 0 aliphatic heterocycles. The van der Waals surface area contributed by atoms with Crippen LogP contribution >= 0.6 is 11.6 Å². The minimum absolute atomic E-state index is 0.195. The highest BCUT2D eigenvalue weighted by molar-refractivity contribution is 7.89. The van der Waals surface area contributed by atoms with Gasteiger partial charge in [0.15, 0.2) is 0 Å². The molecule has 0 fully saturated rings. The van der Waals surface area contributed by atoms with Crippen LogP contribution < -0.4 is 0 Å². The summed E-state index contributed by atoms with van der Waals surface area (Å²) in [6, 6.07) is 25.6. The van der Waals surface area contributed by atoms with E-state index in [1.807, 2.05) is 67.6 Å². The quantitative estimate of drug-likeness (QED) is 0.556. The lowest BCUT2D eigenvalue weighted by Gasteiger charge is -2.21. The van der Waals surface area contributed by atoms with Crippen LogP contribution in [0.5, 0.6) is 0 Å². The van der Waals surface area contributed by atoms with Crippen molar-refractivity contribution in [1.82, 2.24) is 4.31 Å². The maximum Gasteiger partial charge on any atom is 0.264 e. The molecule has 3 aromatic carbocycles. The fraction of sp³-hybridized carbons (Fsp3) is 0.0909. The Morgan fingerprint density at radius 2 is 1.44 bits per heavy atom. The Labute approximate surface area is 165 Å². The molecule has 3 aromatic rings. The molecule has 0 N–H and O–H groups in total. The number of hydrogen-bond donors (Lipinski definition) is 0. The molecule has 0 bridgehead atoms. The molecule has 0 radical (unpaired) electrons. The van der Waals surface area contributed by atoms with Crippen molar-refractivity contribution < 1.29 is 8.42 Å². The first kappa shape index (κ1) is 19.2. The van der Waals surface area contributed by atoms with Gasteiger partial charge in [-0.25, -0.2) is 8.42 Å². The minimum atomic E-state index is -3.75. The van der Waals surface area contributed by atoms with Gasteiger partial charge in [0.1, 0.15) is 0 Å². The molecule has 138 valence electrons. The van der Waals surface area contributed by atoms with Gasteiger partial charge in [-0.3, -0.25) is 4.31 Å². The Bertz CT molecular complexity index is 1010. The number of hydrogen-bond acceptors (Lipinski definition) is 2. The summed E-state index contributed by atoms with van der Waals surface area (Å²) in [6.07, 6.45) is 1.49. The summed E-state index contributed by atoms with van der Waals surface area (Å²) < 4.78 is 27.8. The van der Waals surface area contributed by atoms with Gasteiger partial charge in [-0.15, -0.1) is 0 Å². The second kappa shape index (κ2) is 8.42. The van der Waals surface area contributed by atoms with Crippen molar-refractivity contribution in [3.63, 3.8) is 0 Å². The molecule has 0 saturated carbocycles. The van der Waals surface area contributed by atoms with Crippen molar-refractivity contribution >= 4 is 26.7 Å². The molecular weight excluding hydrogens is 378 g/mol. The average molecular weight is 398 g/mol. The number of aryl methyl sites for hydroxylation is 1. The smallest absolute Gasteiger partial charge is 0.264 e. The number of rotatable bonds is 6. The molecule has 0 unspecified atom stereocenters. The van der Waals surface area contributed by atoms with Crippen LogP contribution in [0.25, 0.3) is 5.03 Å². The van der Waals surface area contributed by atoms with Gasteiger partial charge in [0, 0.05) is 6.20 Å². The molecule has 0 aliphatic carbocycles. The fourth-order valence-electron chi connectivity index (χ4n) is 2.61. The van der Waals surface area contributed by atoms with Gasteiger partial charge < -0.3 is 0 Å². The van der Waals surface area contributed by atoms with E-state index in [0.717, 1.165) is 16.7 Å². The van der Waals surface area contributed by atoms with Gasteiger partial charge in [-0.2, -0.15) is 0 Å². The second-order valence-electron chi connectivity index (χ2n) is 6.19. The third-order valence-corrected chi connectivity index (χ3v) is 6.15. The Morgan fingerprint density at radius 1 is 0.889 bits per heavy atom. The molecule has 0 atom stereocenters. The highest BCUT2D eigenvalue weighted by Gasteiger charge is 2.22. The number of sulfonamides is 1. The van der Waals surface area contributed by atoms with E-state index in [2.05, 4.69) is 0 Å². The van der Waals surface area contributed by atoms with Crippen LogP contribution in [0, 0.1) is 6.92 Å². The summed E-state index contributed by atoms with van der Waals surface area (Å²) in [5, 5.41) is 0.363. The highest BCUT2D eigenvalue weighted by atomic mass is 35.5. The Balaban J connectivity index is 2.03. The molecule has 0 amide bonds. The van der Waals surface area contributed by atoms with E-state index in [1.54, 1.807) is 24.3 Å². The zero-order valence-corrected chi connectivity index (χ0v) is 16.5. The predicted octanol–water partition coefficient (Wildman–Crippen LogP) is 5.42. The molecule has 5 heteroatoms. The van der Waals surface area contributed by atoms with E-state index in [9.17, 15) is 8.42 Å². The molecule has 27 heavy (non-hydrogen) atoms. The van der Waals surface area contributed by atoms with Crippen LogP contribution in [0.15, 0.2) is 96.0 Å². The second-order valence-corrected chi connectivity index (χ2v) is 8.49.